The molecule has 2 atom stereocenters. The van der Waals surface area contributed by atoms with Crippen LogP contribution in [0.25, 0.3) is 0 Å². The Balaban J connectivity index is 1.94. The van der Waals surface area contributed by atoms with Gasteiger partial charge in [-0.2, -0.15) is 11.8 Å². The number of thioether (sulfide) groups is 1. The van der Waals surface area contributed by atoms with E-state index in [0.717, 1.165) is 17.7 Å². The van der Waals surface area contributed by atoms with Crippen molar-refractivity contribution in [3.05, 3.63) is 29.8 Å². The highest BCUT2D eigenvalue weighted by Crippen LogP contribution is 2.29. The number of rotatable bonds is 5. The molecule has 2 unspecified atom stereocenters. The largest absolute Gasteiger partial charge is 0.573 e. The molecule has 0 spiro atoms. The molecule has 3 N–H and O–H groups in total. The zero-order valence-corrected chi connectivity index (χ0v) is 12.3. The minimum atomic E-state index is -4.65. The Morgan fingerprint density at radius 2 is 2.00 bits per heavy atom. The molecular weight excluding hydrogens is 301 g/mol. The average Bonchev–Trinajstić information content (AvgIpc) is 2.46. The summed E-state index contributed by atoms with van der Waals surface area (Å²) in [7, 11) is 0. The van der Waals surface area contributed by atoms with Gasteiger partial charge >= 0.3 is 6.36 Å². The number of nitrogens with one attached hydrogen (secondary N) is 1. The quantitative estimate of drug-likeness (QED) is 0.646. The van der Waals surface area contributed by atoms with Crippen LogP contribution in [0.15, 0.2) is 24.3 Å². The molecular formula is C14H19F3N2OS. The highest BCUT2D eigenvalue weighted by Gasteiger charge is 2.31. The number of benzene rings is 1. The summed E-state index contributed by atoms with van der Waals surface area (Å²) < 4.78 is 40.2. The summed E-state index contributed by atoms with van der Waals surface area (Å²) in [4.78, 5) is 0. The fourth-order valence-electron chi connectivity index (χ4n) is 2.46. The zero-order valence-electron chi connectivity index (χ0n) is 11.5. The Morgan fingerprint density at radius 3 is 2.52 bits per heavy atom. The molecule has 1 heterocycles. The van der Waals surface area contributed by atoms with Crippen molar-refractivity contribution in [2.45, 2.75) is 43.3 Å². The monoisotopic (exact) mass is 320 g/mol. The Kier molecular flexibility index (Phi) is 5.78. The standard InChI is InChI=1S/C14H19F3N2OS/c15-14(16,17)20-11-6-4-10(5-7-11)9-12(19-18)13-3-1-2-8-21-13/h4-7,12-13,19H,1-3,8-9,18H2. The molecule has 0 saturated carbocycles. The molecule has 0 bridgehead atoms. The summed E-state index contributed by atoms with van der Waals surface area (Å²) >= 11 is 1.91. The summed E-state index contributed by atoms with van der Waals surface area (Å²) in [5, 5.41) is 0.454. The molecule has 118 valence electrons. The molecule has 0 radical (unpaired) electrons. The first-order chi connectivity index (χ1) is 9.98. The maximum Gasteiger partial charge on any atom is 0.573 e. The number of nitrogens with two attached hydrogens (primary N) is 1. The van der Waals surface area contributed by atoms with Gasteiger partial charge in [0.25, 0.3) is 0 Å². The van der Waals surface area contributed by atoms with Crippen molar-refractivity contribution in [3.63, 3.8) is 0 Å². The van der Waals surface area contributed by atoms with Crippen molar-refractivity contribution in [1.29, 1.82) is 0 Å². The molecule has 1 aliphatic rings. The first kappa shape index (κ1) is 16.5. The van der Waals surface area contributed by atoms with E-state index in [1.54, 1.807) is 12.1 Å². The molecule has 1 saturated heterocycles. The van der Waals surface area contributed by atoms with Crippen molar-refractivity contribution in [1.82, 2.24) is 5.43 Å². The van der Waals surface area contributed by atoms with E-state index in [1.165, 1.54) is 25.0 Å². The van der Waals surface area contributed by atoms with Gasteiger partial charge in [-0.3, -0.25) is 11.3 Å². The van der Waals surface area contributed by atoms with Gasteiger partial charge in [-0.05, 0) is 42.7 Å². The van der Waals surface area contributed by atoms with Crippen LogP contribution in [0.1, 0.15) is 24.8 Å². The van der Waals surface area contributed by atoms with Gasteiger partial charge in [0, 0.05) is 11.3 Å². The van der Waals surface area contributed by atoms with Crippen molar-refractivity contribution >= 4 is 11.8 Å². The van der Waals surface area contributed by atoms with Crippen molar-refractivity contribution < 1.29 is 17.9 Å². The van der Waals surface area contributed by atoms with Gasteiger partial charge in [-0.25, -0.2) is 0 Å². The van der Waals surface area contributed by atoms with Crippen LogP contribution in [-0.2, 0) is 6.42 Å². The van der Waals surface area contributed by atoms with Gasteiger partial charge in [0.2, 0.25) is 0 Å². The maximum absolute atomic E-state index is 12.1. The number of hydrogen-bond acceptors (Lipinski definition) is 4. The molecule has 1 fully saturated rings. The normalized spacial score (nSPS) is 21.0. The lowest BCUT2D eigenvalue weighted by molar-refractivity contribution is -0.274. The van der Waals surface area contributed by atoms with Gasteiger partial charge in [0.1, 0.15) is 5.75 Å². The average molecular weight is 320 g/mol. The highest BCUT2D eigenvalue weighted by atomic mass is 32.2. The van der Waals surface area contributed by atoms with Gasteiger partial charge in [-0.1, -0.05) is 18.6 Å². The third kappa shape index (κ3) is 5.41. The van der Waals surface area contributed by atoms with Gasteiger partial charge < -0.3 is 4.74 Å². The summed E-state index contributed by atoms with van der Waals surface area (Å²) in [5.41, 5.74) is 3.78. The zero-order chi connectivity index (χ0) is 15.3. The van der Waals surface area contributed by atoms with Crippen LogP contribution in [0, 0.1) is 0 Å². The van der Waals surface area contributed by atoms with E-state index in [2.05, 4.69) is 10.2 Å². The molecule has 0 amide bonds. The fraction of sp³-hybridized carbons (Fsp3) is 0.571. The second-order valence-corrected chi connectivity index (χ2v) is 6.42. The Labute approximate surface area is 126 Å². The molecule has 1 aliphatic heterocycles. The molecule has 21 heavy (non-hydrogen) atoms. The second-order valence-electron chi connectivity index (χ2n) is 5.07. The van der Waals surface area contributed by atoms with Crippen LogP contribution in [0.4, 0.5) is 13.2 Å². The molecule has 2 rings (SSSR count). The van der Waals surface area contributed by atoms with Gasteiger partial charge in [-0.15, -0.1) is 13.2 Å². The minimum Gasteiger partial charge on any atom is -0.406 e. The first-order valence-electron chi connectivity index (χ1n) is 6.90. The number of ether oxygens (including phenoxy) is 1. The molecule has 0 aliphatic carbocycles. The number of halogens is 3. The molecule has 1 aromatic rings. The van der Waals surface area contributed by atoms with E-state index in [0.29, 0.717) is 11.7 Å². The summed E-state index contributed by atoms with van der Waals surface area (Å²) in [5.74, 6) is 6.57. The maximum atomic E-state index is 12.1. The fourth-order valence-corrected chi connectivity index (χ4v) is 3.88. The smallest absolute Gasteiger partial charge is 0.406 e. The molecule has 7 heteroatoms. The first-order valence-corrected chi connectivity index (χ1v) is 7.95. The Bertz CT molecular complexity index is 433. The van der Waals surface area contributed by atoms with Crippen LogP contribution < -0.4 is 16.0 Å². The lowest BCUT2D eigenvalue weighted by Gasteiger charge is -2.29. The van der Waals surface area contributed by atoms with E-state index >= 15 is 0 Å². The molecule has 0 aromatic heterocycles. The van der Waals surface area contributed by atoms with Gasteiger partial charge in [0.15, 0.2) is 0 Å². The second kappa shape index (κ2) is 7.38. The van der Waals surface area contributed by atoms with Crippen molar-refractivity contribution in [3.8, 4) is 5.75 Å². The minimum absolute atomic E-state index is 0.129. The topological polar surface area (TPSA) is 47.3 Å². The Morgan fingerprint density at radius 1 is 1.29 bits per heavy atom. The van der Waals surface area contributed by atoms with E-state index in [4.69, 9.17) is 5.84 Å². The van der Waals surface area contributed by atoms with Crippen LogP contribution in [-0.4, -0.2) is 23.4 Å². The lowest BCUT2D eigenvalue weighted by Crippen LogP contribution is -2.45. The number of alkyl halides is 3. The van der Waals surface area contributed by atoms with Crippen molar-refractivity contribution in [2.24, 2.45) is 5.84 Å². The number of hydrogen-bond donors (Lipinski definition) is 2. The predicted molar refractivity (Wildman–Crippen MR) is 78.0 cm³/mol. The number of hydrazine groups is 1. The van der Waals surface area contributed by atoms with Crippen molar-refractivity contribution in [2.75, 3.05) is 5.75 Å². The third-order valence-corrected chi connectivity index (χ3v) is 5.01. The summed E-state index contributed by atoms with van der Waals surface area (Å²) in [6.45, 7) is 0. The predicted octanol–water partition coefficient (Wildman–Crippen LogP) is 3.25. The third-order valence-electron chi connectivity index (χ3n) is 3.49. The lowest BCUT2D eigenvalue weighted by atomic mass is 10.00. The van der Waals surface area contributed by atoms with Crippen LogP contribution >= 0.6 is 11.8 Å². The van der Waals surface area contributed by atoms with Crippen LogP contribution in [0.5, 0.6) is 5.75 Å². The molecule has 3 nitrogen and oxygen atoms in total. The summed E-state index contributed by atoms with van der Waals surface area (Å²) in [6.07, 6.45) is -0.396. The van der Waals surface area contributed by atoms with E-state index in [9.17, 15) is 13.2 Å². The SMILES string of the molecule is NNC(Cc1ccc(OC(F)(F)F)cc1)C1CCCCS1. The van der Waals surface area contributed by atoms with Crippen LogP contribution in [0.3, 0.4) is 0 Å². The van der Waals surface area contributed by atoms with Crippen LogP contribution in [0.2, 0.25) is 0 Å². The summed E-state index contributed by atoms with van der Waals surface area (Å²) in [6, 6.07) is 6.11. The van der Waals surface area contributed by atoms with E-state index in [1.807, 2.05) is 11.8 Å². The van der Waals surface area contributed by atoms with Gasteiger partial charge in [0.05, 0.1) is 0 Å². The highest BCUT2D eigenvalue weighted by molar-refractivity contribution is 8.00. The Hall–Kier alpha value is -0.920. The molecule has 1 aromatic carbocycles. The van der Waals surface area contributed by atoms with E-state index in [-0.39, 0.29) is 11.8 Å². The van der Waals surface area contributed by atoms with E-state index < -0.39 is 6.36 Å².